The summed E-state index contributed by atoms with van der Waals surface area (Å²) in [6.45, 7) is 3.73. The van der Waals surface area contributed by atoms with Crippen LogP contribution in [0.2, 0.25) is 0 Å². The van der Waals surface area contributed by atoms with Gasteiger partial charge in [-0.3, -0.25) is 25.0 Å². The Bertz CT molecular complexity index is 2120. The molecule has 0 saturated carbocycles. The first kappa shape index (κ1) is 29.0. The highest BCUT2D eigenvalue weighted by Gasteiger charge is 2.17. The zero-order valence-corrected chi connectivity index (χ0v) is 25.4. The molecule has 45 heavy (non-hydrogen) atoms. The molecule has 3 N–H and O–H groups in total. The molecule has 7 rings (SSSR count). The Morgan fingerprint density at radius 3 is 2.64 bits per heavy atom. The largest absolute Gasteiger partial charge is 0.491 e. The summed E-state index contributed by atoms with van der Waals surface area (Å²) in [4.78, 5) is 19.4. The van der Waals surface area contributed by atoms with Gasteiger partial charge in [-0.1, -0.05) is 0 Å². The number of hydrogen-bond acceptors (Lipinski definition) is 8. The summed E-state index contributed by atoms with van der Waals surface area (Å²) in [5, 5.41) is 9.28. The van der Waals surface area contributed by atoms with E-state index in [9.17, 15) is 12.8 Å². The molecule has 0 unspecified atom stereocenters. The first-order chi connectivity index (χ1) is 21.8. The number of hydrogen-bond donors (Lipinski definition) is 3. The molecular formula is C32H31FN8O3S. The van der Waals surface area contributed by atoms with E-state index < -0.39 is 15.8 Å². The van der Waals surface area contributed by atoms with Crippen LogP contribution in [-0.2, 0) is 16.6 Å². The number of benzene rings is 1. The van der Waals surface area contributed by atoms with Crippen LogP contribution >= 0.6 is 0 Å². The van der Waals surface area contributed by atoms with Gasteiger partial charge in [0.05, 0.1) is 41.2 Å². The molecule has 11 nitrogen and oxygen atoms in total. The summed E-state index contributed by atoms with van der Waals surface area (Å²) < 4.78 is 46.2. The topological polar surface area (TPSA) is 142 Å². The Hall–Kier alpha value is -4.72. The number of pyridine rings is 3. The molecular weight excluding hydrogens is 595 g/mol. The second kappa shape index (κ2) is 12.0. The van der Waals surface area contributed by atoms with Gasteiger partial charge in [-0.15, -0.1) is 0 Å². The van der Waals surface area contributed by atoms with Crippen LogP contribution in [0.5, 0.6) is 5.75 Å². The fourth-order valence-electron chi connectivity index (χ4n) is 5.73. The van der Waals surface area contributed by atoms with Crippen LogP contribution in [0.15, 0.2) is 67.3 Å². The lowest BCUT2D eigenvalue weighted by Crippen LogP contribution is -2.25. The molecule has 6 heterocycles. The number of H-pyrrole nitrogens is 2. The van der Waals surface area contributed by atoms with E-state index in [1.807, 2.05) is 24.3 Å². The van der Waals surface area contributed by atoms with Crippen LogP contribution in [0.1, 0.15) is 18.4 Å². The number of halogens is 1. The third-order valence-corrected chi connectivity index (χ3v) is 8.57. The second-order valence-electron chi connectivity index (χ2n) is 11.2. The number of ether oxygens (including phenoxy) is 1. The zero-order chi connectivity index (χ0) is 31.0. The number of fused-ring (bicyclic) bond motifs is 2. The predicted octanol–water partition coefficient (Wildman–Crippen LogP) is 4.89. The lowest BCUT2D eigenvalue weighted by atomic mass is 10.0. The molecule has 0 amide bonds. The minimum atomic E-state index is -3.44. The van der Waals surface area contributed by atoms with Crippen LogP contribution in [0, 0.1) is 5.82 Å². The maximum Gasteiger partial charge on any atom is 0.209 e. The molecule has 6 aromatic rings. The van der Waals surface area contributed by atoms with Gasteiger partial charge in [0.2, 0.25) is 10.0 Å². The maximum atomic E-state index is 14.6. The molecule has 1 aliphatic rings. The molecule has 0 radical (unpaired) electrons. The minimum absolute atomic E-state index is 0.0310. The smallest absolute Gasteiger partial charge is 0.209 e. The van der Waals surface area contributed by atoms with Gasteiger partial charge < -0.3 is 9.72 Å². The van der Waals surface area contributed by atoms with Gasteiger partial charge in [-0.2, -0.15) is 5.10 Å². The molecule has 0 aliphatic carbocycles. The van der Waals surface area contributed by atoms with E-state index in [1.54, 1.807) is 30.9 Å². The van der Waals surface area contributed by atoms with Crippen LogP contribution < -0.4 is 9.46 Å². The molecule has 13 heteroatoms. The average molecular weight is 627 g/mol. The molecule has 230 valence electrons. The van der Waals surface area contributed by atoms with E-state index in [4.69, 9.17) is 4.74 Å². The van der Waals surface area contributed by atoms with E-state index >= 15 is 0 Å². The third kappa shape index (κ3) is 6.41. The monoisotopic (exact) mass is 626 g/mol. The SMILES string of the molecule is CS(=O)(=O)NCc1cc(F)cc(-c2nccc3[nH]c(-c4n[nH]c5cnc(-c6cncc(OCCN7CCCC7)c6)cc45)cc23)c1. The first-order valence-electron chi connectivity index (χ1n) is 14.7. The Kier molecular flexibility index (Phi) is 7.73. The van der Waals surface area contributed by atoms with E-state index in [2.05, 4.69) is 39.8 Å². The molecule has 1 aromatic carbocycles. The highest BCUT2D eigenvalue weighted by molar-refractivity contribution is 7.88. The number of rotatable bonds is 10. The molecule has 1 aliphatic heterocycles. The van der Waals surface area contributed by atoms with Gasteiger partial charge in [0.15, 0.2) is 0 Å². The van der Waals surface area contributed by atoms with Crippen molar-refractivity contribution in [1.29, 1.82) is 0 Å². The Labute approximate surface area is 258 Å². The van der Waals surface area contributed by atoms with Crippen LogP contribution in [0.3, 0.4) is 0 Å². The number of likely N-dealkylation sites (tertiary alicyclic amines) is 1. The third-order valence-electron chi connectivity index (χ3n) is 7.90. The van der Waals surface area contributed by atoms with Crippen molar-refractivity contribution in [3.8, 4) is 39.7 Å². The van der Waals surface area contributed by atoms with E-state index in [1.165, 1.54) is 25.0 Å². The lowest BCUT2D eigenvalue weighted by Gasteiger charge is -2.15. The molecule has 0 atom stereocenters. The normalized spacial score (nSPS) is 14.1. The number of nitrogens with zero attached hydrogens (tertiary/aromatic N) is 5. The van der Waals surface area contributed by atoms with Crippen molar-refractivity contribution in [2.75, 3.05) is 32.5 Å². The highest BCUT2D eigenvalue weighted by Crippen LogP contribution is 2.34. The Morgan fingerprint density at radius 2 is 1.80 bits per heavy atom. The van der Waals surface area contributed by atoms with Crippen molar-refractivity contribution < 1.29 is 17.5 Å². The Morgan fingerprint density at radius 1 is 0.956 bits per heavy atom. The van der Waals surface area contributed by atoms with Crippen molar-refractivity contribution in [2.24, 2.45) is 0 Å². The zero-order valence-electron chi connectivity index (χ0n) is 24.5. The van der Waals surface area contributed by atoms with E-state index in [0.29, 0.717) is 34.9 Å². The summed E-state index contributed by atoms with van der Waals surface area (Å²) in [6.07, 6.45) is 10.4. The summed E-state index contributed by atoms with van der Waals surface area (Å²) in [5.41, 5.74) is 6.14. The van der Waals surface area contributed by atoms with Crippen molar-refractivity contribution in [3.05, 3.63) is 78.6 Å². The number of sulfonamides is 1. The maximum absolute atomic E-state index is 14.6. The van der Waals surface area contributed by atoms with Crippen molar-refractivity contribution in [3.63, 3.8) is 0 Å². The van der Waals surface area contributed by atoms with Crippen molar-refractivity contribution in [2.45, 2.75) is 19.4 Å². The fraction of sp³-hybridized carbons (Fsp3) is 0.250. The van der Waals surface area contributed by atoms with Gasteiger partial charge in [0.25, 0.3) is 0 Å². The van der Waals surface area contributed by atoms with Gasteiger partial charge in [0.1, 0.15) is 23.9 Å². The van der Waals surface area contributed by atoms with E-state index in [0.717, 1.165) is 64.6 Å². The van der Waals surface area contributed by atoms with Crippen LogP contribution in [-0.4, -0.2) is 75.9 Å². The van der Waals surface area contributed by atoms with Gasteiger partial charge in [0, 0.05) is 52.9 Å². The standard InChI is InChI=1S/C32H31FN8O3S/c1-45(42,43)37-16-20-10-21(12-23(33)11-20)31-25-15-29(38-27(25)4-5-35-31)32-26-14-28(36-19-30(26)39-40-32)22-13-24(18-34-17-22)44-9-8-41-6-2-3-7-41/h4-5,10-15,17-19,37-38H,2-3,6-9,16H2,1H3,(H,39,40). The van der Waals surface area contributed by atoms with E-state index in [-0.39, 0.29) is 6.54 Å². The summed E-state index contributed by atoms with van der Waals surface area (Å²) >= 11 is 0. The predicted molar refractivity (Wildman–Crippen MR) is 170 cm³/mol. The lowest BCUT2D eigenvalue weighted by molar-refractivity contribution is 0.237. The van der Waals surface area contributed by atoms with Gasteiger partial charge in [-0.25, -0.2) is 17.5 Å². The average Bonchev–Trinajstić information content (AvgIpc) is 3.79. The first-order valence-corrected chi connectivity index (χ1v) is 16.6. The molecule has 5 aromatic heterocycles. The van der Waals surface area contributed by atoms with Crippen LogP contribution in [0.4, 0.5) is 4.39 Å². The summed E-state index contributed by atoms with van der Waals surface area (Å²) in [7, 11) is -3.44. The molecule has 0 bridgehead atoms. The van der Waals surface area contributed by atoms with Gasteiger partial charge >= 0.3 is 0 Å². The summed E-state index contributed by atoms with van der Waals surface area (Å²) in [6, 6.07) is 12.1. The molecule has 1 saturated heterocycles. The quantitative estimate of drug-likeness (QED) is 0.195. The van der Waals surface area contributed by atoms with Gasteiger partial charge in [-0.05, 0) is 74.0 Å². The Balaban J connectivity index is 1.19. The number of aromatic nitrogens is 6. The summed E-state index contributed by atoms with van der Waals surface area (Å²) in [5.74, 6) is 0.213. The number of aromatic amines is 2. The van der Waals surface area contributed by atoms with Crippen molar-refractivity contribution in [1.82, 2.24) is 39.8 Å². The van der Waals surface area contributed by atoms with Crippen molar-refractivity contribution >= 4 is 31.8 Å². The minimum Gasteiger partial charge on any atom is -0.491 e. The fourth-order valence-corrected chi connectivity index (χ4v) is 6.16. The molecule has 1 fully saturated rings. The molecule has 0 spiro atoms. The van der Waals surface area contributed by atoms with Crippen LogP contribution in [0.25, 0.3) is 55.7 Å². The second-order valence-corrected chi connectivity index (χ2v) is 13.1. The number of nitrogens with one attached hydrogen (secondary N) is 3. The highest BCUT2D eigenvalue weighted by atomic mass is 32.2.